The van der Waals surface area contributed by atoms with E-state index < -0.39 is 5.81 Å². The van der Waals surface area contributed by atoms with Crippen LogP contribution in [0.4, 0.5) is 11.4 Å². The molecule has 0 saturated carbocycles. The van der Waals surface area contributed by atoms with Crippen molar-refractivity contribution in [3.63, 3.8) is 0 Å². The molecular weight excluding hydrogens is 443 g/mol. The van der Waals surface area contributed by atoms with Gasteiger partial charge in [0.05, 0.1) is 23.9 Å². The quantitative estimate of drug-likeness (QED) is 0.228. The lowest BCUT2D eigenvalue weighted by Crippen LogP contribution is -2.35. The fourth-order valence-corrected chi connectivity index (χ4v) is 4.17. The van der Waals surface area contributed by atoms with Gasteiger partial charge >= 0.3 is 0 Å². The van der Waals surface area contributed by atoms with Crippen LogP contribution in [0.2, 0.25) is 5.02 Å². The number of hydrogen-bond donors (Lipinski definition) is 4. The summed E-state index contributed by atoms with van der Waals surface area (Å²) in [5.74, 6) is -2.22. The monoisotopic (exact) mass is 472 g/mol. The standard InChI is InChI=1S/C18H22BClN6O2.C4H8O/c1-11-17(9-25-26(11)18(19,27)28)23-8-13-6-15(20)14(7-16(13)24-10-21)12-2-4-22-5-3-12;1-2-4-5-3-1/h6-10,12,22,27-28H,2-5H2,1H3,(H2,21,24);1-4H2. The van der Waals surface area contributed by atoms with Gasteiger partial charge in [0, 0.05) is 30.0 Å². The minimum absolute atomic E-state index is 0.374. The second-order valence-electron chi connectivity index (χ2n) is 8.03. The molecule has 4 rings (SSSR count). The van der Waals surface area contributed by atoms with E-state index in [2.05, 4.69) is 20.4 Å². The first-order chi connectivity index (χ1) is 15.8. The van der Waals surface area contributed by atoms with Crippen molar-refractivity contribution in [1.29, 1.82) is 0 Å². The molecule has 2 aliphatic rings. The summed E-state index contributed by atoms with van der Waals surface area (Å²) >= 11 is 6.55. The van der Waals surface area contributed by atoms with Gasteiger partial charge in [0.15, 0.2) is 7.85 Å². The van der Waals surface area contributed by atoms with Crippen LogP contribution in [0.3, 0.4) is 0 Å². The number of aromatic nitrogens is 2. The smallest absolute Gasteiger partial charge is 0.208 e. The lowest BCUT2D eigenvalue weighted by atomic mass is 9.89. The van der Waals surface area contributed by atoms with Crippen LogP contribution in [0.25, 0.3) is 0 Å². The van der Waals surface area contributed by atoms with Gasteiger partial charge in [0.1, 0.15) is 5.69 Å². The molecule has 2 radical (unpaired) electrons. The molecule has 11 heteroatoms. The third kappa shape index (κ3) is 6.88. The fraction of sp³-hybridized carbons (Fsp3) is 0.500. The van der Waals surface area contributed by atoms with Crippen molar-refractivity contribution < 1.29 is 14.9 Å². The topological polar surface area (TPSA) is 130 Å². The number of rotatable bonds is 5. The highest BCUT2D eigenvalue weighted by Crippen LogP contribution is 2.35. The highest BCUT2D eigenvalue weighted by molar-refractivity contribution is 6.32. The van der Waals surface area contributed by atoms with Gasteiger partial charge in [-0.15, -0.1) is 0 Å². The molecule has 2 fully saturated rings. The molecule has 0 atom stereocenters. The predicted molar refractivity (Wildman–Crippen MR) is 131 cm³/mol. The normalized spacial score (nSPS) is 17.6. The van der Waals surface area contributed by atoms with E-state index in [1.807, 2.05) is 12.1 Å². The van der Waals surface area contributed by atoms with E-state index in [0.717, 1.165) is 49.4 Å². The number of hydrogen-bond acceptors (Lipinski definition) is 7. The van der Waals surface area contributed by atoms with Crippen LogP contribution in [0.5, 0.6) is 0 Å². The first-order valence-electron chi connectivity index (χ1n) is 11.0. The molecule has 0 amide bonds. The zero-order chi connectivity index (χ0) is 23.8. The molecule has 5 N–H and O–H groups in total. The predicted octanol–water partition coefficient (Wildman–Crippen LogP) is 2.20. The Labute approximate surface area is 200 Å². The average molecular weight is 473 g/mol. The van der Waals surface area contributed by atoms with Crippen molar-refractivity contribution in [3.8, 4) is 0 Å². The number of piperidine rings is 1. The Kier molecular flexibility index (Phi) is 9.05. The van der Waals surface area contributed by atoms with Crippen LogP contribution in [-0.4, -0.2) is 66.7 Å². The zero-order valence-corrected chi connectivity index (χ0v) is 19.5. The molecule has 1 aromatic heterocycles. The van der Waals surface area contributed by atoms with Crippen LogP contribution in [-0.2, 0) is 10.5 Å². The molecule has 0 unspecified atom stereocenters. The molecule has 2 saturated heterocycles. The van der Waals surface area contributed by atoms with Crippen LogP contribution in [0, 0.1) is 6.92 Å². The van der Waals surface area contributed by atoms with E-state index in [1.54, 1.807) is 13.1 Å². The number of ether oxygens (including phenoxy) is 1. The summed E-state index contributed by atoms with van der Waals surface area (Å²) in [5.41, 5.74) is 8.74. The number of halogens is 1. The number of nitrogens with two attached hydrogens (primary N) is 1. The van der Waals surface area contributed by atoms with Crippen LogP contribution in [0.15, 0.2) is 28.3 Å². The zero-order valence-electron chi connectivity index (χ0n) is 18.7. The van der Waals surface area contributed by atoms with Crippen molar-refractivity contribution in [2.45, 2.75) is 44.3 Å². The van der Waals surface area contributed by atoms with Crippen LogP contribution < -0.4 is 11.1 Å². The lowest BCUT2D eigenvalue weighted by molar-refractivity contribution is -0.161. The Bertz CT molecular complexity index is 972. The Morgan fingerprint density at radius 2 is 1.94 bits per heavy atom. The molecule has 1 aromatic carbocycles. The number of nitrogens with one attached hydrogen (secondary N) is 1. The lowest BCUT2D eigenvalue weighted by Gasteiger charge is -2.24. The minimum atomic E-state index is -2.59. The molecule has 33 heavy (non-hydrogen) atoms. The Morgan fingerprint density at radius 1 is 1.24 bits per heavy atom. The maximum atomic E-state index is 9.50. The molecular formula is C22H30BClN6O3. The molecule has 2 aliphatic heterocycles. The maximum Gasteiger partial charge on any atom is 0.208 e. The van der Waals surface area contributed by atoms with E-state index in [9.17, 15) is 10.2 Å². The molecule has 3 heterocycles. The first kappa shape index (κ1) is 25.4. The van der Waals surface area contributed by atoms with Gasteiger partial charge in [0.25, 0.3) is 0 Å². The molecule has 176 valence electrons. The summed E-state index contributed by atoms with van der Waals surface area (Å²) in [6, 6.07) is 3.77. The third-order valence-electron chi connectivity index (χ3n) is 5.60. The Morgan fingerprint density at radius 3 is 2.48 bits per heavy atom. The van der Waals surface area contributed by atoms with Gasteiger partial charge in [-0.1, -0.05) is 11.6 Å². The van der Waals surface area contributed by atoms with Crippen LogP contribution in [0.1, 0.15) is 48.4 Å². The second kappa shape index (κ2) is 11.8. The molecule has 0 bridgehead atoms. The first-order valence-corrected chi connectivity index (χ1v) is 11.4. The highest BCUT2D eigenvalue weighted by atomic mass is 35.5. The third-order valence-corrected chi connectivity index (χ3v) is 5.93. The maximum absolute atomic E-state index is 9.50. The number of nitrogens with zero attached hydrogens (tertiary/aromatic N) is 4. The number of benzene rings is 1. The van der Waals surface area contributed by atoms with Gasteiger partial charge in [-0.2, -0.15) is 5.10 Å². The van der Waals surface area contributed by atoms with Crippen molar-refractivity contribution in [3.05, 3.63) is 40.2 Å². The fourth-order valence-electron chi connectivity index (χ4n) is 3.84. The summed E-state index contributed by atoms with van der Waals surface area (Å²) in [6.07, 6.45) is 8.79. The molecule has 9 nitrogen and oxygen atoms in total. The van der Waals surface area contributed by atoms with Gasteiger partial charge in [0.2, 0.25) is 5.81 Å². The highest BCUT2D eigenvalue weighted by Gasteiger charge is 2.22. The summed E-state index contributed by atoms with van der Waals surface area (Å²) in [5, 5.41) is 26.8. The van der Waals surface area contributed by atoms with Gasteiger partial charge in [-0.3, -0.25) is 4.99 Å². The minimum Gasteiger partial charge on any atom is -0.390 e. The number of aliphatic hydroxyl groups is 2. The van der Waals surface area contributed by atoms with E-state index in [0.29, 0.717) is 33.6 Å². The molecule has 0 spiro atoms. The number of aliphatic imine (C=N–C) groups is 2. The van der Waals surface area contributed by atoms with E-state index in [1.165, 1.54) is 25.4 Å². The largest absolute Gasteiger partial charge is 0.390 e. The second-order valence-corrected chi connectivity index (χ2v) is 8.43. The SMILES string of the molecule is C1CCOC1.[B]C(O)(O)n1ncc(N=Cc2cc(Cl)c(C3CCNCC3)cc2N=CN)c1C. The van der Waals surface area contributed by atoms with Gasteiger partial charge in [-0.05, 0) is 69.3 Å². The molecule has 2 aromatic rings. The Hall–Kier alpha value is -2.24. The van der Waals surface area contributed by atoms with E-state index >= 15 is 0 Å². The van der Waals surface area contributed by atoms with E-state index in [4.69, 9.17) is 29.9 Å². The average Bonchev–Trinajstić information content (AvgIpc) is 3.48. The van der Waals surface area contributed by atoms with Crippen molar-refractivity contribution >= 4 is 43.4 Å². The summed E-state index contributed by atoms with van der Waals surface area (Å²) < 4.78 is 5.81. The molecule has 0 aliphatic carbocycles. The van der Waals surface area contributed by atoms with Crippen molar-refractivity contribution in [2.24, 2.45) is 15.7 Å². The van der Waals surface area contributed by atoms with Gasteiger partial charge in [-0.25, -0.2) is 9.67 Å². The van der Waals surface area contributed by atoms with Crippen molar-refractivity contribution in [2.75, 3.05) is 26.3 Å². The summed E-state index contributed by atoms with van der Waals surface area (Å²) in [6.45, 7) is 5.54. The summed E-state index contributed by atoms with van der Waals surface area (Å²) in [4.78, 5) is 8.62. The van der Waals surface area contributed by atoms with Gasteiger partial charge < -0.3 is 26.0 Å². The summed E-state index contributed by atoms with van der Waals surface area (Å²) in [7, 11) is 5.25. The Balaban J connectivity index is 0.000000541. The van der Waals surface area contributed by atoms with E-state index in [-0.39, 0.29) is 0 Å². The van der Waals surface area contributed by atoms with Crippen molar-refractivity contribution in [1.82, 2.24) is 15.1 Å². The van der Waals surface area contributed by atoms with Crippen LogP contribution >= 0.6 is 11.6 Å².